The number of para-hydroxylation sites is 1. The Hall–Kier alpha value is -2.96. The zero-order valence-corrected chi connectivity index (χ0v) is 12.3. The number of aromatic nitrogens is 4. The Labute approximate surface area is 131 Å². The Morgan fingerprint density at radius 3 is 3.00 bits per heavy atom. The van der Waals surface area contributed by atoms with Gasteiger partial charge in [-0.3, -0.25) is 14.7 Å². The predicted octanol–water partition coefficient (Wildman–Crippen LogP) is 1.62. The monoisotopic (exact) mass is 309 g/mol. The maximum Gasteiger partial charge on any atom is 0.258 e. The first-order valence-electron chi connectivity index (χ1n) is 7.53. The van der Waals surface area contributed by atoms with Crippen LogP contribution in [-0.2, 0) is 0 Å². The molecule has 0 radical (unpaired) electrons. The van der Waals surface area contributed by atoms with E-state index in [9.17, 15) is 9.59 Å². The number of nitrogens with one attached hydrogen (secondary N) is 2. The second kappa shape index (κ2) is 5.35. The van der Waals surface area contributed by atoms with E-state index in [1.165, 1.54) is 6.20 Å². The van der Waals surface area contributed by atoms with Gasteiger partial charge in [0.25, 0.3) is 11.5 Å². The van der Waals surface area contributed by atoms with Gasteiger partial charge in [-0.1, -0.05) is 12.1 Å². The first kappa shape index (κ1) is 13.7. The van der Waals surface area contributed by atoms with Gasteiger partial charge in [0.05, 0.1) is 28.7 Å². The lowest BCUT2D eigenvalue weighted by Crippen LogP contribution is -2.32. The molecular weight excluding hydrogens is 294 g/mol. The lowest BCUT2D eigenvalue weighted by Gasteiger charge is -2.23. The van der Waals surface area contributed by atoms with Gasteiger partial charge in [-0.25, -0.2) is 4.98 Å². The molecule has 2 aromatic heterocycles. The minimum absolute atomic E-state index is 0.0999. The normalized spacial score (nSPS) is 17.7. The van der Waals surface area contributed by atoms with Crippen LogP contribution < -0.4 is 5.56 Å². The van der Waals surface area contributed by atoms with E-state index in [4.69, 9.17) is 0 Å². The summed E-state index contributed by atoms with van der Waals surface area (Å²) in [6, 6.07) is 7.00. The molecule has 1 aliphatic rings. The van der Waals surface area contributed by atoms with Gasteiger partial charge >= 0.3 is 0 Å². The Morgan fingerprint density at radius 2 is 2.17 bits per heavy atom. The maximum atomic E-state index is 12.6. The van der Waals surface area contributed by atoms with Gasteiger partial charge in [-0.2, -0.15) is 5.10 Å². The van der Waals surface area contributed by atoms with Crippen molar-refractivity contribution in [3.63, 3.8) is 0 Å². The van der Waals surface area contributed by atoms with Crippen LogP contribution in [0, 0.1) is 0 Å². The number of benzene rings is 1. The van der Waals surface area contributed by atoms with E-state index in [2.05, 4.69) is 20.2 Å². The average Bonchev–Trinajstić information content (AvgIpc) is 3.26. The first-order valence-corrected chi connectivity index (χ1v) is 7.53. The van der Waals surface area contributed by atoms with E-state index in [1.54, 1.807) is 17.2 Å². The minimum Gasteiger partial charge on any atom is -0.328 e. The van der Waals surface area contributed by atoms with Crippen molar-refractivity contribution in [2.75, 3.05) is 6.54 Å². The lowest BCUT2D eigenvalue weighted by atomic mass is 10.1. The molecule has 4 rings (SSSR count). The van der Waals surface area contributed by atoms with E-state index in [0.717, 1.165) is 12.8 Å². The number of likely N-dealkylation sites (tertiary alicyclic amines) is 1. The maximum absolute atomic E-state index is 12.6. The summed E-state index contributed by atoms with van der Waals surface area (Å²) in [5.74, 6) is 0.445. The van der Waals surface area contributed by atoms with Crippen LogP contribution in [0.15, 0.2) is 41.5 Å². The summed E-state index contributed by atoms with van der Waals surface area (Å²) in [6.45, 7) is 0.644. The quantitative estimate of drug-likeness (QED) is 0.752. The standard InChI is InChI=1S/C16H15N5O2/c22-15-11-4-1-2-5-12(11)19-14(20-15)13-6-3-7-21(13)16(23)10-8-17-18-9-10/h1-2,4-5,8-9,13H,3,6-7H2,(H,17,18)(H,19,20,22). The molecule has 0 saturated carbocycles. The van der Waals surface area contributed by atoms with Crippen molar-refractivity contribution in [2.24, 2.45) is 0 Å². The van der Waals surface area contributed by atoms with Crippen molar-refractivity contribution in [1.82, 2.24) is 25.1 Å². The summed E-state index contributed by atoms with van der Waals surface area (Å²) in [5, 5.41) is 7.03. The number of hydrogen-bond acceptors (Lipinski definition) is 4. The van der Waals surface area contributed by atoms with E-state index in [1.807, 2.05) is 18.2 Å². The molecule has 3 aromatic rings. The number of aromatic amines is 2. The number of nitrogens with zero attached hydrogens (tertiary/aromatic N) is 3. The summed E-state index contributed by atoms with van der Waals surface area (Å²) in [7, 11) is 0. The molecule has 0 aliphatic carbocycles. The summed E-state index contributed by atoms with van der Waals surface area (Å²) in [6.07, 6.45) is 4.75. The van der Waals surface area contributed by atoms with Gasteiger partial charge in [0.2, 0.25) is 0 Å². The Morgan fingerprint density at radius 1 is 1.30 bits per heavy atom. The van der Waals surface area contributed by atoms with Crippen LogP contribution in [0.3, 0.4) is 0 Å². The van der Waals surface area contributed by atoms with Gasteiger partial charge in [0, 0.05) is 12.7 Å². The summed E-state index contributed by atoms with van der Waals surface area (Å²) in [5.41, 5.74) is 0.988. The second-order valence-corrected chi connectivity index (χ2v) is 5.61. The minimum atomic E-state index is -0.213. The van der Waals surface area contributed by atoms with Crippen LogP contribution in [0.2, 0.25) is 0 Å². The van der Waals surface area contributed by atoms with Crippen molar-refractivity contribution in [3.8, 4) is 0 Å². The number of fused-ring (bicyclic) bond motifs is 1. The van der Waals surface area contributed by atoms with E-state index < -0.39 is 0 Å². The summed E-state index contributed by atoms with van der Waals surface area (Å²) >= 11 is 0. The lowest BCUT2D eigenvalue weighted by molar-refractivity contribution is 0.0730. The zero-order valence-electron chi connectivity index (χ0n) is 12.3. The van der Waals surface area contributed by atoms with Crippen LogP contribution >= 0.6 is 0 Å². The highest BCUT2D eigenvalue weighted by molar-refractivity contribution is 5.94. The van der Waals surface area contributed by atoms with Gasteiger partial charge in [0.1, 0.15) is 5.82 Å². The molecule has 0 spiro atoms. The number of hydrogen-bond donors (Lipinski definition) is 2. The Kier molecular flexibility index (Phi) is 3.18. The number of rotatable bonds is 2. The van der Waals surface area contributed by atoms with Crippen LogP contribution in [0.1, 0.15) is 35.1 Å². The molecular formula is C16H15N5O2. The summed E-state index contributed by atoms with van der Waals surface area (Å²) < 4.78 is 0. The number of carbonyl (C=O) groups excluding carboxylic acids is 1. The third-order valence-corrected chi connectivity index (χ3v) is 4.21. The molecule has 3 heterocycles. The fourth-order valence-corrected chi connectivity index (χ4v) is 3.09. The Balaban J connectivity index is 1.74. The smallest absolute Gasteiger partial charge is 0.258 e. The van der Waals surface area contributed by atoms with Gasteiger partial charge in [0.15, 0.2) is 0 Å². The third-order valence-electron chi connectivity index (χ3n) is 4.21. The number of H-pyrrole nitrogens is 2. The largest absolute Gasteiger partial charge is 0.328 e. The van der Waals surface area contributed by atoms with Gasteiger partial charge in [-0.05, 0) is 25.0 Å². The topological polar surface area (TPSA) is 94.7 Å². The molecule has 1 atom stereocenters. The molecule has 7 heteroatoms. The van der Waals surface area contributed by atoms with Crippen LogP contribution in [0.5, 0.6) is 0 Å². The molecule has 1 amide bonds. The number of amides is 1. The van der Waals surface area contributed by atoms with Crippen molar-refractivity contribution >= 4 is 16.8 Å². The highest BCUT2D eigenvalue weighted by atomic mass is 16.2. The van der Waals surface area contributed by atoms with Gasteiger partial charge < -0.3 is 9.88 Å². The molecule has 1 aromatic carbocycles. The molecule has 2 N–H and O–H groups in total. The molecule has 1 fully saturated rings. The molecule has 1 aliphatic heterocycles. The molecule has 7 nitrogen and oxygen atoms in total. The van der Waals surface area contributed by atoms with E-state index in [-0.39, 0.29) is 17.5 Å². The SMILES string of the molecule is O=C(c1cn[nH]c1)N1CCCC1c1nc2ccccc2c(=O)[nH]1. The second-order valence-electron chi connectivity index (χ2n) is 5.61. The average molecular weight is 309 g/mol. The fraction of sp³-hybridized carbons (Fsp3) is 0.250. The van der Waals surface area contributed by atoms with Crippen molar-refractivity contribution in [1.29, 1.82) is 0 Å². The zero-order chi connectivity index (χ0) is 15.8. The van der Waals surface area contributed by atoms with Crippen LogP contribution in [0.4, 0.5) is 0 Å². The molecule has 1 unspecified atom stereocenters. The highest BCUT2D eigenvalue weighted by Crippen LogP contribution is 2.31. The molecule has 116 valence electrons. The third kappa shape index (κ3) is 2.30. The molecule has 0 bridgehead atoms. The molecule has 1 saturated heterocycles. The number of carbonyl (C=O) groups is 1. The van der Waals surface area contributed by atoms with E-state index >= 15 is 0 Å². The van der Waals surface area contributed by atoms with Crippen molar-refractivity contribution in [3.05, 3.63) is 58.4 Å². The van der Waals surface area contributed by atoms with Crippen molar-refractivity contribution in [2.45, 2.75) is 18.9 Å². The first-order chi connectivity index (χ1) is 11.2. The van der Waals surface area contributed by atoms with Crippen LogP contribution in [0.25, 0.3) is 10.9 Å². The van der Waals surface area contributed by atoms with Crippen LogP contribution in [-0.4, -0.2) is 37.5 Å². The Bertz CT molecular complexity index is 916. The van der Waals surface area contributed by atoms with Gasteiger partial charge in [-0.15, -0.1) is 0 Å². The fourth-order valence-electron chi connectivity index (χ4n) is 3.09. The highest BCUT2D eigenvalue weighted by Gasteiger charge is 2.32. The van der Waals surface area contributed by atoms with Crippen molar-refractivity contribution < 1.29 is 4.79 Å². The molecule has 23 heavy (non-hydrogen) atoms. The summed E-state index contributed by atoms with van der Waals surface area (Å²) in [4.78, 5) is 34.0. The predicted molar refractivity (Wildman–Crippen MR) is 84.0 cm³/mol. The van der Waals surface area contributed by atoms with E-state index in [0.29, 0.717) is 28.8 Å².